The summed E-state index contributed by atoms with van der Waals surface area (Å²) >= 11 is 0. The van der Waals surface area contributed by atoms with E-state index in [9.17, 15) is 4.79 Å². The molecule has 226 valence electrons. The van der Waals surface area contributed by atoms with Gasteiger partial charge in [-0.15, -0.1) is 5.10 Å². The summed E-state index contributed by atoms with van der Waals surface area (Å²) in [6, 6.07) is 18.7. The second-order valence-corrected chi connectivity index (χ2v) is 10.1. The van der Waals surface area contributed by atoms with Crippen LogP contribution in [0, 0.1) is 5.82 Å². The maximum absolute atomic E-state index is 15.2. The Labute approximate surface area is 253 Å². The molecule has 44 heavy (non-hydrogen) atoms. The van der Waals surface area contributed by atoms with E-state index in [1.165, 1.54) is 23.0 Å². The van der Waals surface area contributed by atoms with E-state index < -0.39 is 11.7 Å². The molecule has 0 spiro atoms. The lowest BCUT2D eigenvalue weighted by Crippen LogP contribution is -2.37. The number of hydrogen-bond acceptors (Lipinski definition) is 9. The minimum absolute atomic E-state index is 0.0204. The van der Waals surface area contributed by atoms with Gasteiger partial charge in [0.2, 0.25) is 0 Å². The maximum atomic E-state index is 15.2. The number of nitrogens with one attached hydrogen (secondary N) is 1. The van der Waals surface area contributed by atoms with E-state index >= 15 is 4.39 Å². The van der Waals surface area contributed by atoms with Gasteiger partial charge in [0.05, 0.1) is 44.3 Å². The summed E-state index contributed by atoms with van der Waals surface area (Å²) in [6.45, 7) is 4.85. The van der Waals surface area contributed by atoms with Crippen LogP contribution in [0.2, 0.25) is 0 Å². The topological polar surface area (TPSA) is 113 Å². The largest absolute Gasteiger partial charge is 0.493 e. The van der Waals surface area contributed by atoms with Gasteiger partial charge in [-0.1, -0.05) is 23.4 Å². The van der Waals surface area contributed by atoms with Crippen molar-refractivity contribution in [2.75, 3.05) is 51.9 Å². The SMILES string of the molecule is COc1cc2c(Oc3ccc(NC(=O)c4cn(-c5ccccc5)nn4)cc3F)ccnc2cc1OCCCN1CCOCC1. The van der Waals surface area contributed by atoms with Crippen LogP contribution >= 0.6 is 0 Å². The van der Waals surface area contributed by atoms with Crippen molar-refractivity contribution < 1.29 is 28.1 Å². The number of rotatable bonds is 11. The Hall–Kier alpha value is -5.07. The highest BCUT2D eigenvalue weighted by atomic mass is 19.1. The molecule has 0 unspecified atom stereocenters. The summed E-state index contributed by atoms with van der Waals surface area (Å²) in [5.74, 6) is 0.277. The van der Waals surface area contributed by atoms with Crippen molar-refractivity contribution in [3.63, 3.8) is 0 Å². The van der Waals surface area contributed by atoms with Gasteiger partial charge in [-0.2, -0.15) is 0 Å². The second kappa shape index (κ2) is 13.5. The maximum Gasteiger partial charge on any atom is 0.277 e. The zero-order valence-electron chi connectivity index (χ0n) is 24.1. The van der Waals surface area contributed by atoms with Gasteiger partial charge in [0.25, 0.3) is 5.91 Å². The molecule has 3 heterocycles. The number of anilines is 1. The summed E-state index contributed by atoms with van der Waals surface area (Å²) in [5, 5.41) is 11.2. The van der Waals surface area contributed by atoms with E-state index in [2.05, 4.69) is 25.5 Å². The van der Waals surface area contributed by atoms with Crippen LogP contribution in [-0.2, 0) is 4.74 Å². The summed E-state index contributed by atoms with van der Waals surface area (Å²) in [4.78, 5) is 19.5. The number of hydrogen-bond donors (Lipinski definition) is 1. The summed E-state index contributed by atoms with van der Waals surface area (Å²) in [7, 11) is 1.56. The molecule has 0 aliphatic carbocycles. The van der Waals surface area contributed by atoms with E-state index in [1.54, 1.807) is 37.6 Å². The fourth-order valence-corrected chi connectivity index (χ4v) is 4.83. The molecule has 1 aliphatic rings. The lowest BCUT2D eigenvalue weighted by atomic mass is 10.1. The number of methoxy groups -OCH3 is 1. The number of pyridine rings is 1. The van der Waals surface area contributed by atoms with Gasteiger partial charge < -0.3 is 24.3 Å². The molecular formula is C32H31FN6O5. The highest BCUT2D eigenvalue weighted by Gasteiger charge is 2.16. The van der Waals surface area contributed by atoms with E-state index in [0.717, 1.165) is 45.0 Å². The molecule has 1 amide bonds. The van der Waals surface area contributed by atoms with Crippen molar-refractivity contribution in [3.05, 3.63) is 90.6 Å². The minimum atomic E-state index is -0.659. The number of aromatic nitrogens is 4. The number of fused-ring (bicyclic) bond motifs is 1. The Bertz CT molecular complexity index is 1740. The number of para-hydroxylation sites is 1. The molecule has 11 nitrogen and oxygen atoms in total. The van der Waals surface area contributed by atoms with Gasteiger partial charge in [0.15, 0.2) is 28.8 Å². The highest BCUT2D eigenvalue weighted by Crippen LogP contribution is 2.38. The smallest absolute Gasteiger partial charge is 0.277 e. The number of ether oxygens (including phenoxy) is 4. The molecule has 12 heteroatoms. The molecule has 1 fully saturated rings. The van der Waals surface area contributed by atoms with Gasteiger partial charge >= 0.3 is 0 Å². The molecule has 1 aliphatic heterocycles. The predicted octanol–water partition coefficient (Wildman–Crippen LogP) is 5.11. The van der Waals surface area contributed by atoms with Gasteiger partial charge in [-0.05, 0) is 42.8 Å². The van der Waals surface area contributed by atoms with Crippen LogP contribution < -0.4 is 19.5 Å². The molecule has 0 radical (unpaired) electrons. The third-order valence-electron chi connectivity index (χ3n) is 7.12. The lowest BCUT2D eigenvalue weighted by Gasteiger charge is -2.26. The van der Waals surface area contributed by atoms with E-state index in [0.29, 0.717) is 34.8 Å². The first-order valence-corrected chi connectivity index (χ1v) is 14.2. The molecular weight excluding hydrogens is 567 g/mol. The number of amides is 1. The van der Waals surface area contributed by atoms with Crippen molar-refractivity contribution in [1.29, 1.82) is 0 Å². The standard InChI is InChI=1S/C32H31FN6O5/c1-41-30-19-24-26(20-31(30)43-15-5-12-38-13-16-42-17-14-38)34-11-10-28(24)44-29-9-8-22(18-25(29)33)35-32(40)27-21-39(37-36-27)23-6-3-2-4-7-23/h2-4,6-11,18-21H,5,12-17H2,1H3,(H,35,40). The number of halogens is 1. The molecule has 0 bridgehead atoms. The third kappa shape index (κ3) is 6.77. The number of benzene rings is 3. The van der Waals surface area contributed by atoms with Crippen LogP contribution in [0.25, 0.3) is 16.6 Å². The normalized spacial score (nSPS) is 13.5. The van der Waals surface area contributed by atoms with E-state index in [4.69, 9.17) is 18.9 Å². The zero-order chi connectivity index (χ0) is 30.3. The van der Waals surface area contributed by atoms with Gasteiger partial charge in [0, 0.05) is 49.0 Å². The van der Waals surface area contributed by atoms with Crippen LogP contribution in [0.1, 0.15) is 16.9 Å². The molecule has 0 atom stereocenters. The van der Waals surface area contributed by atoms with Crippen LogP contribution in [0.5, 0.6) is 23.0 Å². The Morgan fingerprint density at radius 3 is 2.64 bits per heavy atom. The molecule has 5 aromatic rings. The van der Waals surface area contributed by atoms with Crippen LogP contribution in [-0.4, -0.2) is 77.3 Å². The highest BCUT2D eigenvalue weighted by molar-refractivity contribution is 6.02. The van der Waals surface area contributed by atoms with Crippen molar-refractivity contribution >= 4 is 22.5 Å². The Balaban J connectivity index is 1.12. The van der Waals surface area contributed by atoms with E-state index in [-0.39, 0.29) is 17.1 Å². The Kier molecular flexibility index (Phi) is 8.90. The number of carbonyl (C=O) groups excluding carboxylic acids is 1. The minimum Gasteiger partial charge on any atom is -0.493 e. The molecule has 3 aromatic carbocycles. The first-order chi connectivity index (χ1) is 21.6. The molecule has 0 saturated carbocycles. The molecule has 1 saturated heterocycles. The van der Waals surface area contributed by atoms with Gasteiger partial charge in [0.1, 0.15) is 5.75 Å². The Morgan fingerprint density at radius 1 is 1.00 bits per heavy atom. The third-order valence-corrected chi connectivity index (χ3v) is 7.12. The number of nitrogens with zero attached hydrogens (tertiary/aromatic N) is 5. The van der Waals surface area contributed by atoms with Crippen molar-refractivity contribution in [2.45, 2.75) is 6.42 Å². The first kappa shape index (κ1) is 29.0. The average molecular weight is 599 g/mol. The predicted molar refractivity (Wildman–Crippen MR) is 161 cm³/mol. The average Bonchev–Trinajstić information content (AvgIpc) is 3.56. The van der Waals surface area contributed by atoms with Crippen LogP contribution in [0.3, 0.4) is 0 Å². The lowest BCUT2D eigenvalue weighted by molar-refractivity contribution is 0.0357. The number of morpholine rings is 1. The zero-order valence-corrected chi connectivity index (χ0v) is 24.1. The quantitative estimate of drug-likeness (QED) is 0.207. The summed E-state index contributed by atoms with van der Waals surface area (Å²) < 4.78 is 39.6. The van der Waals surface area contributed by atoms with Crippen LogP contribution in [0.15, 0.2) is 79.1 Å². The fourth-order valence-electron chi connectivity index (χ4n) is 4.83. The molecule has 6 rings (SSSR count). The first-order valence-electron chi connectivity index (χ1n) is 14.2. The Morgan fingerprint density at radius 2 is 1.84 bits per heavy atom. The van der Waals surface area contributed by atoms with Crippen molar-refractivity contribution in [1.82, 2.24) is 24.9 Å². The van der Waals surface area contributed by atoms with Gasteiger partial charge in [-0.3, -0.25) is 14.7 Å². The monoisotopic (exact) mass is 598 g/mol. The van der Waals surface area contributed by atoms with E-state index in [1.807, 2.05) is 30.3 Å². The second-order valence-electron chi connectivity index (χ2n) is 10.1. The molecule has 1 N–H and O–H groups in total. The van der Waals surface area contributed by atoms with Gasteiger partial charge in [-0.25, -0.2) is 9.07 Å². The number of carbonyl (C=O) groups is 1. The van der Waals surface area contributed by atoms with Crippen LogP contribution in [0.4, 0.5) is 10.1 Å². The van der Waals surface area contributed by atoms with Crippen molar-refractivity contribution in [2.24, 2.45) is 0 Å². The summed E-state index contributed by atoms with van der Waals surface area (Å²) in [6.07, 6.45) is 3.95. The summed E-state index contributed by atoms with van der Waals surface area (Å²) in [5.41, 5.74) is 1.70. The van der Waals surface area contributed by atoms with Crippen molar-refractivity contribution in [3.8, 4) is 28.7 Å². The fraction of sp³-hybridized carbons (Fsp3) is 0.250. The molecule has 2 aromatic heterocycles.